The molecule has 0 aliphatic carbocycles. The second-order valence-electron chi connectivity index (χ2n) is 4.91. The number of benzene rings is 1. The van der Waals surface area contributed by atoms with Crippen molar-refractivity contribution in [3.63, 3.8) is 0 Å². The van der Waals surface area contributed by atoms with Crippen molar-refractivity contribution < 1.29 is 9.84 Å². The number of ether oxygens (including phenoxy) is 1. The van der Waals surface area contributed by atoms with Gasteiger partial charge in [0.2, 0.25) is 0 Å². The van der Waals surface area contributed by atoms with E-state index in [1.54, 1.807) is 12.1 Å². The first-order valence-corrected chi connectivity index (χ1v) is 7.50. The Morgan fingerprint density at radius 3 is 2.77 bits per heavy atom. The molecule has 3 aromatic rings. The zero-order valence-corrected chi connectivity index (χ0v) is 13.4. The molecule has 4 nitrogen and oxygen atoms in total. The first-order chi connectivity index (χ1) is 10.6. The molecule has 2 heterocycles. The maximum Gasteiger partial charge on any atom is 0.180 e. The fourth-order valence-electron chi connectivity index (χ4n) is 2.30. The van der Waals surface area contributed by atoms with Gasteiger partial charge in [-0.1, -0.05) is 29.3 Å². The van der Waals surface area contributed by atoms with Gasteiger partial charge in [-0.05, 0) is 36.8 Å². The van der Waals surface area contributed by atoms with E-state index in [-0.39, 0.29) is 6.61 Å². The minimum Gasteiger partial charge on any atom is -0.485 e. The Bertz CT molecular complexity index is 830. The van der Waals surface area contributed by atoms with E-state index >= 15 is 0 Å². The normalized spacial score (nSPS) is 11.1. The number of aliphatic hydroxyl groups excluding tert-OH is 1. The van der Waals surface area contributed by atoms with Crippen molar-refractivity contribution in [2.24, 2.45) is 0 Å². The Hall–Kier alpha value is -1.75. The maximum absolute atomic E-state index is 9.43. The predicted octanol–water partition coefficient (Wildman–Crippen LogP) is 4.02. The summed E-state index contributed by atoms with van der Waals surface area (Å²) in [6.07, 6.45) is 1.85. The maximum atomic E-state index is 9.43. The van der Waals surface area contributed by atoms with Crippen LogP contribution in [0.1, 0.15) is 17.0 Å². The summed E-state index contributed by atoms with van der Waals surface area (Å²) in [7, 11) is 0. The van der Waals surface area contributed by atoms with Crippen molar-refractivity contribution in [2.75, 3.05) is 0 Å². The lowest BCUT2D eigenvalue weighted by Gasteiger charge is -2.08. The van der Waals surface area contributed by atoms with E-state index in [2.05, 4.69) is 4.98 Å². The summed E-state index contributed by atoms with van der Waals surface area (Å²) >= 11 is 11.9. The largest absolute Gasteiger partial charge is 0.485 e. The summed E-state index contributed by atoms with van der Waals surface area (Å²) in [4.78, 5) is 4.46. The van der Waals surface area contributed by atoms with Crippen LogP contribution in [0.5, 0.6) is 5.75 Å². The van der Waals surface area contributed by atoms with E-state index in [1.807, 2.05) is 35.7 Å². The lowest BCUT2D eigenvalue weighted by atomic mass is 10.2. The molecule has 6 heteroatoms. The van der Waals surface area contributed by atoms with Crippen molar-refractivity contribution >= 4 is 28.8 Å². The predicted molar refractivity (Wildman–Crippen MR) is 86.6 cm³/mol. The molecule has 0 aliphatic heterocycles. The number of nitrogens with zero attached hydrogens (tertiary/aromatic N) is 2. The SMILES string of the molecule is Cc1nc2c(OCc3ccc(Cl)c(Cl)c3)cccn2c1CO. The number of aliphatic hydroxyl groups is 1. The number of hydrogen-bond acceptors (Lipinski definition) is 3. The van der Waals surface area contributed by atoms with E-state index in [4.69, 9.17) is 27.9 Å². The number of aryl methyl sites for hydroxylation is 1. The van der Waals surface area contributed by atoms with Crippen molar-refractivity contribution in [1.29, 1.82) is 0 Å². The highest BCUT2D eigenvalue weighted by atomic mass is 35.5. The van der Waals surface area contributed by atoms with Crippen molar-refractivity contribution in [1.82, 2.24) is 9.38 Å². The number of halogens is 2. The molecule has 3 rings (SSSR count). The fraction of sp³-hybridized carbons (Fsp3) is 0.188. The molecule has 0 bridgehead atoms. The average Bonchev–Trinajstić information content (AvgIpc) is 2.84. The second-order valence-corrected chi connectivity index (χ2v) is 5.72. The van der Waals surface area contributed by atoms with E-state index in [0.717, 1.165) is 17.0 Å². The third kappa shape index (κ3) is 2.77. The second kappa shape index (κ2) is 6.16. The van der Waals surface area contributed by atoms with Gasteiger partial charge >= 0.3 is 0 Å². The van der Waals surface area contributed by atoms with Gasteiger partial charge in [0.25, 0.3) is 0 Å². The molecule has 0 amide bonds. The van der Waals surface area contributed by atoms with Crippen LogP contribution >= 0.6 is 23.2 Å². The molecule has 0 fully saturated rings. The van der Waals surface area contributed by atoms with Crippen LogP contribution in [0.3, 0.4) is 0 Å². The minimum absolute atomic E-state index is 0.0662. The fourth-order valence-corrected chi connectivity index (χ4v) is 2.62. The highest BCUT2D eigenvalue weighted by Gasteiger charge is 2.12. The monoisotopic (exact) mass is 336 g/mol. The number of rotatable bonds is 4. The summed E-state index contributed by atoms with van der Waals surface area (Å²) in [5, 5.41) is 10.4. The molecule has 0 spiro atoms. The Morgan fingerprint density at radius 2 is 2.05 bits per heavy atom. The molecule has 0 saturated carbocycles. The van der Waals surface area contributed by atoms with Gasteiger partial charge in [0, 0.05) is 6.20 Å². The van der Waals surface area contributed by atoms with Gasteiger partial charge in [0.15, 0.2) is 11.4 Å². The van der Waals surface area contributed by atoms with Gasteiger partial charge in [-0.15, -0.1) is 0 Å². The quantitative estimate of drug-likeness (QED) is 0.782. The highest BCUT2D eigenvalue weighted by molar-refractivity contribution is 6.42. The molecule has 0 unspecified atom stereocenters. The lowest BCUT2D eigenvalue weighted by Crippen LogP contribution is -1.99. The van der Waals surface area contributed by atoms with Crippen LogP contribution in [0.2, 0.25) is 10.0 Å². The first kappa shape index (κ1) is 15.2. The van der Waals surface area contributed by atoms with Crippen LogP contribution < -0.4 is 4.74 Å². The van der Waals surface area contributed by atoms with E-state index in [9.17, 15) is 5.11 Å². The van der Waals surface area contributed by atoms with Crippen LogP contribution in [0, 0.1) is 6.92 Å². The molecular formula is C16H14Cl2N2O2. The summed E-state index contributed by atoms with van der Waals surface area (Å²) in [6, 6.07) is 9.09. The molecule has 1 aromatic carbocycles. The molecule has 0 aliphatic rings. The van der Waals surface area contributed by atoms with Crippen LogP contribution in [-0.4, -0.2) is 14.5 Å². The Balaban J connectivity index is 1.89. The van der Waals surface area contributed by atoms with Crippen LogP contribution in [-0.2, 0) is 13.2 Å². The number of pyridine rings is 1. The third-order valence-electron chi connectivity index (χ3n) is 3.44. The van der Waals surface area contributed by atoms with Crippen molar-refractivity contribution in [2.45, 2.75) is 20.1 Å². The Labute approximate surface area is 137 Å². The van der Waals surface area contributed by atoms with Crippen LogP contribution in [0.25, 0.3) is 5.65 Å². The van der Waals surface area contributed by atoms with E-state index in [0.29, 0.717) is 28.0 Å². The molecule has 114 valence electrons. The number of imidazole rings is 1. The molecule has 0 saturated heterocycles. The van der Waals surface area contributed by atoms with Crippen molar-refractivity contribution in [3.8, 4) is 5.75 Å². The lowest BCUT2D eigenvalue weighted by molar-refractivity contribution is 0.274. The first-order valence-electron chi connectivity index (χ1n) is 6.74. The van der Waals surface area contributed by atoms with Gasteiger partial charge in [0.05, 0.1) is 28.0 Å². The van der Waals surface area contributed by atoms with Crippen molar-refractivity contribution in [3.05, 3.63) is 63.5 Å². The Morgan fingerprint density at radius 1 is 1.23 bits per heavy atom. The molecule has 22 heavy (non-hydrogen) atoms. The van der Waals surface area contributed by atoms with Gasteiger partial charge in [-0.25, -0.2) is 4.98 Å². The summed E-state index contributed by atoms with van der Waals surface area (Å²) in [5.74, 6) is 0.649. The molecule has 1 N–H and O–H groups in total. The van der Waals surface area contributed by atoms with Gasteiger partial charge in [-0.2, -0.15) is 0 Å². The standard InChI is InChI=1S/C16H14Cl2N2O2/c1-10-14(8-21)20-6-2-3-15(16(20)19-10)22-9-11-4-5-12(17)13(18)7-11/h2-7,21H,8-9H2,1H3. The van der Waals surface area contributed by atoms with Gasteiger partial charge < -0.3 is 9.84 Å². The minimum atomic E-state index is -0.0662. The van der Waals surface area contributed by atoms with Gasteiger partial charge in [-0.3, -0.25) is 4.40 Å². The Kier molecular flexibility index (Phi) is 4.25. The summed E-state index contributed by atoms with van der Waals surface area (Å²) < 4.78 is 7.68. The number of fused-ring (bicyclic) bond motifs is 1. The summed E-state index contributed by atoms with van der Waals surface area (Å²) in [5.41, 5.74) is 3.15. The number of hydrogen-bond donors (Lipinski definition) is 1. The third-order valence-corrected chi connectivity index (χ3v) is 4.18. The molecule has 0 atom stereocenters. The van der Waals surface area contributed by atoms with Gasteiger partial charge in [0.1, 0.15) is 6.61 Å². The van der Waals surface area contributed by atoms with Crippen LogP contribution in [0.4, 0.5) is 0 Å². The molecular weight excluding hydrogens is 323 g/mol. The highest BCUT2D eigenvalue weighted by Crippen LogP contribution is 2.25. The molecule has 0 radical (unpaired) electrons. The zero-order valence-electron chi connectivity index (χ0n) is 11.9. The topological polar surface area (TPSA) is 46.8 Å². The zero-order chi connectivity index (χ0) is 15.7. The molecule has 2 aromatic heterocycles. The smallest absolute Gasteiger partial charge is 0.180 e. The number of aromatic nitrogens is 2. The van der Waals surface area contributed by atoms with E-state index in [1.165, 1.54) is 0 Å². The summed E-state index contributed by atoms with van der Waals surface area (Å²) in [6.45, 7) is 2.15. The average molecular weight is 337 g/mol. The van der Waals surface area contributed by atoms with E-state index < -0.39 is 0 Å². The van der Waals surface area contributed by atoms with Crippen LogP contribution in [0.15, 0.2) is 36.5 Å².